The quantitative estimate of drug-likeness (QED) is 0.250. The maximum Gasteiger partial charge on any atom is 1.00 e. The van der Waals surface area contributed by atoms with Gasteiger partial charge < -0.3 is 6.32 Å². The van der Waals surface area contributed by atoms with E-state index in [1.807, 2.05) is 0 Å². The average Bonchev–Trinajstić information content (AvgIpc) is 0.918. The summed E-state index contributed by atoms with van der Waals surface area (Å²) in [7, 11) is -0.833. The fourth-order valence-corrected chi connectivity index (χ4v) is 0. The molecular formula is H2LiO2P. The predicted octanol–water partition coefficient (Wildman–Crippen LogP) is -2.70. The Balaban J connectivity index is -0.0000000200. The van der Waals surface area contributed by atoms with Crippen molar-refractivity contribution in [2.75, 3.05) is 0 Å². The number of rotatable bonds is 0. The summed E-state index contributed by atoms with van der Waals surface area (Å²) in [5, 5.41) is 0. The summed E-state index contributed by atoms with van der Waals surface area (Å²) in [5.74, 6) is 0. The molecule has 0 aliphatic rings. The first-order chi connectivity index (χ1) is 1.41. The number of hydrogen-bond donors (Lipinski definition) is 1. The monoisotopic (exact) mass is 72.0 g/mol. The Bertz CT molecular complexity index is 17.1. The second-order valence-corrected chi connectivity index (χ2v) is 0.245. The molecule has 0 atom stereocenters. The van der Waals surface area contributed by atoms with Gasteiger partial charge in [-0.2, -0.15) is 0 Å². The van der Waals surface area contributed by atoms with Gasteiger partial charge in [-0.25, -0.2) is 4.57 Å². The van der Waals surface area contributed by atoms with Crippen LogP contribution in [-0.2, 0) is 4.57 Å². The minimum Gasteiger partial charge on any atom is -1.00 e. The van der Waals surface area contributed by atoms with Crippen molar-refractivity contribution in [3.8, 4) is 0 Å². The van der Waals surface area contributed by atoms with Crippen LogP contribution in [0, 0.1) is 0 Å². The molecule has 0 aromatic heterocycles. The Morgan fingerprint density at radius 2 is 2.00 bits per heavy atom. The maximum absolute atomic E-state index is 8.46. The average molecular weight is 71.9 g/mol. The Labute approximate surface area is 39.2 Å². The van der Waals surface area contributed by atoms with Gasteiger partial charge in [-0.3, -0.25) is 0 Å². The van der Waals surface area contributed by atoms with Crippen LogP contribution in [0.1, 0.15) is 1.43 Å². The number of hydrogen-bond acceptors (Lipinski definition) is 1. The Morgan fingerprint density at radius 3 is 2.00 bits per heavy atom. The van der Waals surface area contributed by atoms with Crippen LogP contribution in [0.4, 0.5) is 0 Å². The molecule has 1 N–H and O–H groups in total. The van der Waals surface area contributed by atoms with Gasteiger partial charge in [-0.05, 0) is 0 Å². The van der Waals surface area contributed by atoms with Gasteiger partial charge in [0.15, 0.2) is 0 Å². The molecule has 0 unspecified atom stereocenters. The van der Waals surface area contributed by atoms with E-state index in [0.29, 0.717) is 0 Å². The van der Waals surface area contributed by atoms with E-state index < -0.39 is 8.69 Å². The van der Waals surface area contributed by atoms with E-state index in [4.69, 9.17) is 9.46 Å². The van der Waals surface area contributed by atoms with Crippen molar-refractivity contribution < 1.29 is 29.7 Å². The summed E-state index contributed by atoms with van der Waals surface area (Å²) in [5.41, 5.74) is 0. The first-order valence-electron chi connectivity index (χ1n) is 0.383. The predicted molar refractivity (Wildman–Crippen MR) is 10.9 cm³/mol. The van der Waals surface area contributed by atoms with Crippen LogP contribution in [0.25, 0.3) is 0 Å². The first kappa shape index (κ1) is 8.82. The Hall–Kier alpha value is 0.657. The smallest absolute Gasteiger partial charge is 1.00 e. The van der Waals surface area contributed by atoms with Crippen molar-refractivity contribution in [2.45, 2.75) is 0 Å². The van der Waals surface area contributed by atoms with Crippen LogP contribution in [0.3, 0.4) is 0 Å². The minimum absolute atomic E-state index is 0. The normalized spacial score (nSPS) is 5.25. The Kier molecular flexibility index (Phi) is 20.7. The van der Waals surface area contributed by atoms with E-state index in [0.717, 1.165) is 0 Å². The second-order valence-electron chi connectivity index (χ2n) is 0.0816. The van der Waals surface area contributed by atoms with Gasteiger partial charge >= 0.3 is 27.5 Å². The molecule has 2 nitrogen and oxygen atoms in total. The summed E-state index contributed by atoms with van der Waals surface area (Å²) in [4.78, 5) is 6.99. The molecule has 0 aromatic rings. The standard InChI is InChI=1S/Li.HO2P.H/c;1-3-2;/h;(H,1,2);/q+1;;-1. The van der Waals surface area contributed by atoms with Crippen LogP contribution < -0.4 is 18.9 Å². The molecule has 0 amide bonds. The molecule has 4 heavy (non-hydrogen) atoms. The molecule has 0 aliphatic heterocycles. The van der Waals surface area contributed by atoms with E-state index in [-0.39, 0.29) is 20.3 Å². The second kappa shape index (κ2) is 9.40. The first-order valence-corrected chi connectivity index (χ1v) is 1.15. The van der Waals surface area contributed by atoms with Gasteiger partial charge in [0.2, 0.25) is 0 Å². The van der Waals surface area contributed by atoms with E-state index >= 15 is 0 Å². The van der Waals surface area contributed by atoms with E-state index in [1.54, 1.807) is 0 Å². The molecular weight excluding hydrogens is 69.9 g/mol. The van der Waals surface area contributed by atoms with Crippen LogP contribution in [0.2, 0.25) is 0 Å². The molecule has 0 spiro atoms. The molecule has 20 valence electrons. The maximum atomic E-state index is 8.46. The molecule has 0 rings (SSSR count). The van der Waals surface area contributed by atoms with Crippen LogP contribution in [0.15, 0.2) is 0 Å². The summed E-state index contributed by atoms with van der Waals surface area (Å²) in [6.45, 7) is 0. The van der Waals surface area contributed by atoms with E-state index in [9.17, 15) is 0 Å². The zero-order chi connectivity index (χ0) is 2.71. The summed E-state index contributed by atoms with van der Waals surface area (Å²) < 4.78 is 8.46. The van der Waals surface area contributed by atoms with Gasteiger partial charge in [0.05, 0.1) is 0 Å². The Morgan fingerprint density at radius 1 is 2.00 bits per heavy atom. The fourth-order valence-electron chi connectivity index (χ4n) is 0. The zero-order valence-corrected chi connectivity index (χ0v) is 3.20. The third-order valence-electron chi connectivity index (χ3n) is 0. The molecule has 0 aliphatic carbocycles. The molecule has 0 saturated heterocycles. The largest absolute Gasteiger partial charge is 1.00 e. The third kappa shape index (κ3) is 16.9. The molecule has 0 bridgehead atoms. The summed E-state index contributed by atoms with van der Waals surface area (Å²) >= 11 is 0. The fraction of sp³-hybridized carbons (Fsp3) is 0. The molecule has 0 saturated carbocycles. The van der Waals surface area contributed by atoms with Crippen molar-refractivity contribution in [3.63, 3.8) is 0 Å². The zero-order valence-electron chi connectivity index (χ0n) is 3.30. The summed E-state index contributed by atoms with van der Waals surface area (Å²) in [6.07, 6.45) is 0. The van der Waals surface area contributed by atoms with Crippen LogP contribution in [-0.4, -0.2) is 4.89 Å². The van der Waals surface area contributed by atoms with Gasteiger partial charge in [0.1, 0.15) is 0 Å². The minimum atomic E-state index is -0.833. The van der Waals surface area contributed by atoms with Crippen molar-refractivity contribution in [3.05, 3.63) is 0 Å². The van der Waals surface area contributed by atoms with Crippen molar-refractivity contribution >= 4 is 8.69 Å². The van der Waals surface area contributed by atoms with Gasteiger partial charge in [-0.15, -0.1) is 0 Å². The van der Waals surface area contributed by atoms with Crippen LogP contribution in [0.5, 0.6) is 0 Å². The van der Waals surface area contributed by atoms with E-state index in [1.165, 1.54) is 0 Å². The molecule has 0 fully saturated rings. The van der Waals surface area contributed by atoms with Gasteiger partial charge in [0.25, 0.3) is 0 Å². The van der Waals surface area contributed by atoms with E-state index in [2.05, 4.69) is 0 Å². The van der Waals surface area contributed by atoms with Gasteiger partial charge in [-0.1, -0.05) is 0 Å². The van der Waals surface area contributed by atoms with Crippen molar-refractivity contribution in [2.24, 2.45) is 0 Å². The van der Waals surface area contributed by atoms with Crippen molar-refractivity contribution in [1.29, 1.82) is 0 Å². The molecule has 0 heterocycles. The van der Waals surface area contributed by atoms with Gasteiger partial charge in [0, 0.05) is 0 Å². The molecule has 0 radical (unpaired) electrons. The third-order valence-corrected chi connectivity index (χ3v) is 0. The van der Waals surface area contributed by atoms with Crippen LogP contribution >= 0.6 is 8.69 Å². The topological polar surface area (TPSA) is 37.3 Å². The molecule has 0 aromatic carbocycles. The summed E-state index contributed by atoms with van der Waals surface area (Å²) in [6, 6.07) is 0. The van der Waals surface area contributed by atoms with Crippen molar-refractivity contribution in [1.82, 2.24) is 0 Å². The SMILES string of the molecule is O=PO.[H-].[Li+]. The molecule has 4 heteroatoms.